The Kier molecular flexibility index (Phi) is 4.42. The molecule has 2 aromatic rings. The molecule has 0 bridgehead atoms. The molecule has 8 nitrogen and oxygen atoms in total. The number of rotatable bonds is 4. The van der Waals surface area contributed by atoms with Crippen molar-refractivity contribution >= 4 is 23.4 Å². The highest BCUT2D eigenvalue weighted by Crippen LogP contribution is 2.24. The quantitative estimate of drug-likeness (QED) is 0.907. The van der Waals surface area contributed by atoms with Gasteiger partial charge in [0.15, 0.2) is 11.6 Å². The van der Waals surface area contributed by atoms with E-state index in [0.29, 0.717) is 30.7 Å². The van der Waals surface area contributed by atoms with E-state index >= 15 is 0 Å². The molecular formula is C15H19N5O3. The Labute approximate surface area is 134 Å². The summed E-state index contributed by atoms with van der Waals surface area (Å²) in [5, 5.41) is 2.78. The zero-order valence-electron chi connectivity index (χ0n) is 13.2. The van der Waals surface area contributed by atoms with Gasteiger partial charge in [0.25, 0.3) is 5.91 Å². The van der Waals surface area contributed by atoms with Crippen LogP contribution in [0.15, 0.2) is 29.0 Å². The van der Waals surface area contributed by atoms with Crippen LogP contribution in [0, 0.1) is 0 Å². The molecule has 8 heteroatoms. The number of carbonyl (C=O) groups is 1. The summed E-state index contributed by atoms with van der Waals surface area (Å²) in [6.07, 6.45) is 3.08. The number of hydrogen-bond acceptors (Lipinski definition) is 7. The van der Waals surface area contributed by atoms with Crippen molar-refractivity contribution in [2.24, 2.45) is 0 Å². The van der Waals surface area contributed by atoms with Crippen LogP contribution >= 0.6 is 0 Å². The lowest BCUT2D eigenvalue weighted by Crippen LogP contribution is -2.37. The summed E-state index contributed by atoms with van der Waals surface area (Å²) < 4.78 is 10.4. The highest BCUT2D eigenvalue weighted by molar-refractivity contribution is 6.03. The van der Waals surface area contributed by atoms with E-state index in [0.717, 1.165) is 13.1 Å². The highest BCUT2D eigenvalue weighted by atomic mass is 16.5. The Bertz CT molecular complexity index is 666. The molecule has 1 N–H and O–H groups in total. The minimum Gasteiger partial charge on any atom is -0.459 e. The number of morpholine rings is 1. The van der Waals surface area contributed by atoms with Gasteiger partial charge in [-0.3, -0.25) is 4.79 Å². The molecule has 1 fully saturated rings. The normalized spacial score (nSPS) is 14.6. The van der Waals surface area contributed by atoms with E-state index in [1.54, 1.807) is 18.3 Å². The third kappa shape index (κ3) is 3.42. The summed E-state index contributed by atoms with van der Waals surface area (Å²) in [4.78, 5) is 25.0. The van der Waals surface area contributed by atoms with Gasteiger partial charge >= 0.3 is 0 Å². The minimum atomic E-state index is -0.333. The van der Waals surface area contributed by atoms with Crippen molar-refractivity contribution in [3.8, 4) is 0 Å². The number of carbonyl (C=O) groups excluding carboxylic acids is 1. The molecule has 0 unspecified atom stereocenters. The number of amides is 1. The summed E-state index contributed by atoms with van der Waals surface area (Å²) >= 11 is 0. The molecule has 0 aliphatic carbocycles. The number of nitrogens with zero attached hydrogens (tertiary/aromatic N) is 4. The Hall–Kier alpha value is -2.61. The first-order chi connectivity index (χ1) is 11.1. The fraction of sp³-hybridized carbons (Fsp3) is 0.400. The van der Waals surface area contributed by atoms with E-state index in [2.05, 4.69) is 20.2 Å². The highest BCUT2D eigenvalue weighted by Gasteiger charge is 2.18. The zero-order valence-corrected chi connectivity index (χ0v) is 13.2. The van der Waals surface area contributed by atoms with Crippen molar-refractivity contribution in [2.75, 3.05) is 55.5 Å². The molecule has 3 heterocycles. The van der Waals surface area contributed by atoms with Gasteiger partial charge in [-0.05, 0) is 12.1 Å². The molecule has 0 spiro atoms. The van der Waals surface area contributed by atoms with Crippen LogP contribution in [0.1, 0.15) is 10.6 Å². The minimum absolute atomic E-state index is 0.243. The Balaban J connectivity index is 1.83. The molecule has 3 rings (SSSR count). The van der Waals surface area contributed by atoms with Crippen molar-refractivity contribution in [2.45, 2.75) is 0 Å². The van der Waals surface area contributed by atoms with Gasteiger partial charge in [-0.15, -0.1) is 0 Å². The second-order valence-corrected chi connectivity index (χ2v) is 5.33. The summed E-state index contributed by atoms with van der Waals surface area (Å²) in [6, 6.07) is 3.27. The van der Waals surface area contributed by atoms with Gasteiger partial charge < -0.3 is 24.3 Å². The van der Waals surface area contributed by atoms with Crippen LogP contribution < -0.4 is 15.1 Å². The smallest absolute Gasteiger partial charge is 0.291 e. The summed E-state index contributed by atoms with van der Waals surface area (Å²) in [5.41, 5.74) is 0.536. The maximum atomic E-state index is 12.1. The van der Waals surface area contributed by atoms with Gasteiger partial charge in [0, 0.05) is 27.2 Å². The number of aromatic nitrogens is 2. The molecular weight excluding hydrogens is 298 g/mol. The average molecular weight is 317 g/mol. The van der Waals surface area contributed by atoms with Crippen LogP contribution in [0.2, 0.25) is 0 Å². The van der Waals surface area contributed by atoms with Crippen molar-refractivity contribution in [1.82, 2.24) is 9.97 Å². The van der Waals surface area contributed by atoms with E-state index < -0.39 is 0 Å². The van der Waals surface area contributed by atoms with E-state index in [9.17, 15) is 4.79 Å². The standard InChI is InChI=1S/C15H19N5O3/c1-19(2)13-11(17-14(21)12-4-3-7-23-12)10-16-15(18-13)20-5-8-22-9-6-20/h3-4,7,10H,5-6,8-9H2,1-2H3,(H,17,21). The number of nitrogens with one attached hydrogen (secondary N) is 1. The maximum absolute atomic E-state index is 12.1. The van der Waals surface area contributed by atoms with Crippen LogP contribution in [-0.4, -0.2) is 56.3 Å². The first kappa shape index (κ1) is 15.3. The van der Waals surface area contributed by atoms with Gasteiger partial charge in [-0.2, -0.15) is 4.98 Å². The molecule has 0 aromatic carbocycles. The lowest BCUT2D eigenvalue weighted by molar-refractivity contribution is 0.0996. The monoisotopic (exact) mass is 317 g/mol. The van der Waals surface area contributed by atoms with Gasteiger partial charge in [0.2, 0.25) is 5.95 Å². The Morgan fingerprint density at radius 1 is 1.35 bits per heavy atom. The molecule has 122 valence electrons. The average Bonchev–Trinajstić information content (AvgIpc) is 3.10. The number of hydrogen-bond donors (Lipinski definition) is 1. The topological polar surface area (TPSA) is 83.7 Å². The van der Waals surface area contributed by atoms with E-state index in [1.165, 1.54) is 6.26 Å². The van der Waals surface area contributed by atoms with Crippen LogP contribution in [0.3, 0.4) is 0 Å². The van der Waals surface area contributed by atoms with Gasteiger partial charge in [-0.1, -0.05) is 0 Å². The molecule has 0 radical (unpaired) electrons. The molecule has 23 heavy (non-hydrogen) atoms. The summed E-state index contributed by atoms with van der Waals surface area (Å²) in [7, 11) is 3.74. The molecule has 1 amide bonds. The first-order valence-corrected chi connectivity index (χ1v) is 7.37. The van der Waals surface area contributed by atoms with E-state index in [-0.39, 0.29) is 11.7 Å². The molecule has 1 aliphatic heterocycles. The van der Waals surface area contributed by atoms with Crippen LogP contribution in [0.5, 0.6) is 0 Å². The van der Waals surface area contributed by atoms with Crippen molar-refractivity contribution < 1.29 is 13.9 Å². The predicted molar refractivity (Wildman–Crippen MR) is 86.1 cm³/mol. The first-order valence-electron chi connectivity index (χ1n) is 7.37. The van der Waals surface area contributed by atoms with Gasteiger partial charge in [0.1, 0.15) is 5.69 Å². The maximum Gasteiger partial charge on any atom is 0.291 e. The number of ether oxygens (including phenoxy) is 1. The molecule has 1 aliphatic rings. The van der Waals surface area contributed by atoms with Gasteiger partial charge in [0.05, 0.1) is 25.7 Å². The molecule has 0 atom stereocenters. The van der Waals surface area contributed by atoms with Crippen LogP contribution in [-0.2, 0) is 4.74 Å². The van der Waals surface area contributed by atoms with Crippen molar-refractivity contribution in [1.29, 1.82) is 0 Å². The second-order valence-electron chi connectivity index (χ2n) is 5.33. The predicted octanol–water partition coefficient (Wildman–Crippen LogP) is 1.22. The lowest BCUT2D eigenvalue weighted by atomic mass is 10.3. The molecule has 0 saturated carbocycles. The van der Waals surface area contributed by atoms with E-state index in [1.807, 2.05) is 19.0 Å². The zero-order chi connectivity index (χ0) is 16.2. The van der Waals surface area contributed by atoms with E-state index in [4.69, 9.17) is 9.15 Å². The molecule has 1 saturated heterocycles. The SMILES string of the molecule is CN(C)c1nc(N2CCOCC2)ncc1NC(=O)c1ccco1. The van der Waals surface area contributed by atoms with Crippen molar-refractivity contribution in [3.63, 3.8) is 0 Å². The largest absolute Gasteiger partial charge is 0.459 e. The number of anilines is 3. The second kappa shape index (κ2) is 6.66. The fourth-order valence-electron chi connectivity index (χ4n) is 2.30. The molecule has 2 aromatic heterocycles. The van der Waals surface area contributed by atoms with Gasteiger partial charge in [-0.25, -0.2) is 4.98 Å². The summed E-state index contributed by atoms with van der Waals surface area (Å²) in [6.45, 7) is 2.84. The third-order valence-electron chi connectivity index (χ3n) is 3.47. The Morgan fingerprint density at radius 3 is 2.78 bits per heavy atom. The Morgan fingerprint density at radius 2 is 2.13 bits per heavy atom. The summed E-state index contributed by atoms with van der Waals surface area (Å²) in [5.74, 6) is 1.18. The fourth-order valence-corrected chi connectivity index (χ4v) is 2.30. The van der Waals surface area contributed by atoms with Crippen molar-refractivity contribution in [3.05, 3.63) is 30.4 Å². The third-order valence-corrected chi connectivity index (χ3v) is 3.47. The lowest BCUT2D eigenvalue weighted by Gasteiger charge is -2.28. The number of furan rings is 1. The van der Waals surface area contributed by atoms with Crippen LogP contribution in [0.25, 0.3) is 0 Å². The van der Waals surface area contributed by atoms with Crippen LogP contribution in [0.4, 0.5) is 17.5 Å².